The van der Waals surface area contributed by atoms with Crippen LogP contribution in [0.5, 0.6) is 5.75 Å². The minimum Gasteiger partial charge on any atom is -0.489 e. The molecular weight excluding hydrogens is 342 g/mol. The second kappa shape index (κ2) is 9.18. The average Bonchev–Trinajstić information content (AvgIpc) is 2.76. The molecule has 3 aromatic carbocycles. The lowest BCUT2D eigenvalue weighted by Gasteiger charge is -2.17. The first-order chi connectivity index (χ1) is 13.9. The number of nitrogens with zero attached hydrogens (tertiary/aromatic N) is 1. The van der Waals surface area contributed by atoms with Gasteiger partial charge in [-0.05, 0) is 66.6 Å². The molecule has 0 radical (unpaired) electrons. The van der Waals surface area contributed by atoms with E-state index in [1.807, 2.05) is 48.7 Å². The molecule has 0 saturated heterocycles. The van der Waals surface area contributed by atoms with Crippen LogP contribution >= 0.6 is 0 Å². The Morgan fingerprint density at radius 3 is 2.57 bits per heavy atom. The minimum atomic E-state index is 0.528. The highest BCUT2D eigenvalue weighted by Gasteiger charge is 2.12. The molecule has 2 nitrogen and oxygen atoms in total. The topological polar surface area (TPSA) is 21.6 Å². The molecular formula is C26H25NO. The maximum Gasteiger partial charge on any atom is 0.128 e. The normalized spacial score (nSPS) is 13.7. The van der Waals surface area contributed by atoms with Gasteiger partial charge in [-0.2, -0.15) is 0 Å². The van der Waals surface area contributed by atoms with Crippen molar-refractivity contribution in [3.63, 3.8) is 0 Å². The number of para-hydroxylation sites is 1. The molecule has 0 saturated carbocycles. The maximum atomic E-state index is 5.98. The van der Waals surface area contributed by atoms with E-state index < -0.39 is 0 Å². The van der Waals surface area contributed by atoms with E-state index in [1.165, 1.54) is 36.0 Å². The van der Waals surface area contributed by atoms with Gasteiger partial charge in [-0.15, -0.1) is 0 Å². The molecule has 0 aliphatic heterocycles. The molecule has 0 bridgehead atoms. The van der Waals surface area contributed by atoms with Gasteiger partial charge in [0, 0.05) is 11.8 Å². The molecule has 0 atom stereocenters. The summed E-state index contributed by atoms with van der Waals surface area (Å²) in [6, 6.07) is 24.8. The first-order valence-electron chi connectivity index (χ1n) is 9.98. The molecule has 3 aromatic rings. The Kier molecular flexibility index (Phi) is 5.98. The molecule has 4 rings (SSSR count). The average molecular weight is 367 g/mol. The van der Waals surface area contributed by atoms with Gasteiger partial charge in [0.2, 0.25) is 0 Å². The van der Waals surface area contributed by atoms with E-state index in [-0.39, 0.29) is 0 Å². The number of benzene rings is 3. The maximum absolute atomic E-state index is 5.98. The third-order valence-corrected chi connectivity index (χ3v) is 5.08. The highest BCUT2D eigenvalue weighted by Crippen LogP contribution is 2.30. The third-order valence-electron chi connectivity index (χ3n) is 5.08. The summed E-state index contributed by atoms with van der Waals surface area (Å²) in [6.07, 6.45) is 10.9. The first kappa shape index (κ1) is 18.2. The summed E-state index contributed by atoms with van der Waals surface area (Å²) in [7, 11) is 0. The molecule has 0 spiro atoms. The predicted molar refractivity (Wildman–Crippen MR) is 118 cm³/mol. The van der Waals surface area contributed by atoms with E-state index in [0.717, 1.165) is 23.4 Å². The van der Waals surface area contributed by atoms with Gasteiger partial charge < -0.3 is 4.74 Å². The van der Waals surface area contributed by atoms with Crippen molar-refractivity contribution in [3.05, 3.63) is 101 Å². The number of hydrogen-bond donors (Lipinski definition) is 0. The summed E-state index contributed by atoms with van der Waals surface area (Å²) >= 11 is 0. The van der Waals surface area contributed by atoms with Gasteiger partial charge in [-0.1, -0.05) is 60.7 Å². The minimum absolute atomic E-state index is 0.528. The fourth-order valence-electron chi connectivity index (χ4n) is 3.63. The monoisotopic (exact) mass is 367 g/mol. The van der Waals surface area contributed by atoms with Crippen LogP contribution in [0.1, 0.15) is 35.1 Å². The van der Waals surface area contributed by atoms with Crippen LogP contribution in [-0.2, 0) is 12.8 Å². The van der Waals surface area contributed by atoms with Crippen molar-refractivity contribution in [1.29, 1.82) is 0 Å². The van der Waals surface area contributed by atoms with Crippen LogP contribution in [0.25, 0.3) is 6.08 Å². The third kappa shape index (κ3) is 4.58. The van der Waals surface area contributed by atoms with Crippen molar-refractivity contribution in [3.8, 4) is 5.75 Å². The van der Waals surface area contributed by atoms with Gasteiger partial charge in [0.05, 0.1) is 5.69 Å². The Morgan fingerprint density at radius 2 is 1.64 bits per heavy atom. The SMILES string of the molecule is C(=Nc1cccc2c1CCCC2)c1ccccc1OC/C=C/c1ccccc1. The number of fused-ring (bicyclic) bond motifs is 1. The van der Waals surface area contributed by atoms with Crippen LogP contribution < -0.4 is 4.74 Å². The molecule has 0 unspecified atom stereocenters. The number of aryl methyl sites for hydroxylation is 1. The summed E-state index contributed by atoms with van der Waals surface area (Å²) < 4.78 is 5.98. The van der Waals surface area contributed by atoms with Crippen LogP contribution in [0.2, 0.25) is 0 Å². The molecule has 28 heavy (non-hydrogen) atoms. The van der Waals surface area contributed by atoms with Crippen molar-refractivity contribution in [1.82, 2.24) is 0 Å². The van der Waals surface area contributed by atoms with Crippen molar-refractivity contribution < 1.29 is 4.74 Å². The van der Waals surface area contributed by atoms with Gasteiger partial charge in [-0.25, -0.2) is 0 Å². The molecule has 0 heterocycles. The zero-order chi connectivity index (χ0) is 19.0. The number of hydrogen-bond acceptors (Lipinski definition) is 2. The molecule has 1 aliphatic carbocycles. The van der Waals surface area contributed by atoms with Gasteiger partial charge in [0.15, 0.2) is 0 Å². The summed E-state index contributed by atoms with van der Waals surface area (Å²) in [5.74, 6) is 0.855. The van der Waals surface area contributed by atoms with Crippen LogP contribution in [-0.4, -0.2) is 12.8 Å². The second-order valence-electron chi connectivity index (χ2n) is 7.04. The number of ether oxygens (including phenoxy) is 1. The molecule has 1 aliphatic rings. The van der Waals surface area contributed by atoms with Gasteiger partial charge in [0.1, 0.15) is 12.4 Å². The van der Waals surface area contributed by atoms with E-state index >= 15 is 0 Å². The summed E-state index contributed by atoms with van der Waals surface area (Å²) in [4.78, 5) is 4.80. The van der Waals surface area contributed by atoms with Crippen molar-refractivity contribution in [2.45, 2.75) is 25.7 Å². The van der Waals surface area contributed by atoms with Gasteiger partial charge >= 0.3 is 0 Å². The number of aliphatic imine (C=N–C) groups is 1. The van der Waals surface area contributed by atoms with Gasteiger partial charge in [-0.3, -0.25) is 4.99 Å². The van der Waals surface area contributed by atoms with E-state index in [0.29, 0.717) is 6.61 Å². The van der Waals surface area contributed by atoms with E-state index in [9.17, 15) is 0 Å². The summed E-state index contributed by atoms with van der Waals surface area (Å²) in [6.45, 7) is 0.528. The largest absolute Gasteiger partial charge is 0.489 e. The molecule has 2 heteroatoms. The van der Waals surface area contributed by atoms with E-state index in [1.54, 1.807) is 0 Å². The highest BCUT2D eigenvalue weighted by molar-refractivity contribution is 5.85. The first-order valence-corrected chi connectivity index (χ1v) is 9.98. The predicted octanol–water partition coefficient (Wildman–Crippen LogP) is 6.41. The standard InChI is InChI=1S/C26H25NO/c1-2-10-21(11-3-1)12-9-19-28-26-18-7-5-14-23(26)20-27-25-17-8-15-22-13-4-6-16-24(22)25/h1-3,5,7-12,14-15,17-18,20H,4,6,13,16,19H2/b12-9+,27-20?. The Morgan fingerprint density at radius 1 is 0.821 bits per heavy atom. The lowest BCUT2D eigenvalue weighted by molar-refractivity contribution is 0.363. The Balaban J connectivity index is 1.46. The summed E-state index contributed by atoms with van der Waals surface area (Å²) in [5.41, 5.74) is 6.14. The molecule has 0 N–H and O–H groups in total. The Labute approximate surface area is 167 Å². The van der Waals surface area contributed by atoms with Crippen LogP contribution in [0.3, 0.4) is 0 Å². The smallest absolute Gasteiger partial charge is 0.128 e. The van der Waals surface area contributed by atoms with E-state index in [4.69, 9.17) is 9.73 Å². The molecule has 140 valence electrons. The zero-order valence-electron chi connectivity index (χ0n) is 16.1. The molecule has 0 fully saturated rings. The van der Waals surface area contributed by atoms with Crippen molar-refractivity contribution >= 4 is 18.0 Å². The Bertz CT molecular complexity index is 973. The second-order valence-corrected chi connectivity index (χ2v) is 7.04. The molecule has 0 amide bonds. The van der Waals surface area contributed by atoms with E-state index in [2.05, 4.69) is 42.5 Å². The van der Waals surface area contributed by atoms with Crippen LogP contribution in [0.4, 0.5) is 5.69 Å². The highest BCUT2D eigenvalue weighted by atomic mass is 16.5. The van der Waals surface area contributed by atoms with Crippen molar-refractivity contribution in [2.24, 2.45) is 4.99 Å². The van der Waals surface area contributed by atoms with Crippen molar-refractivity contribution in [2.75, 3.05) is 6.61 Å². The Hall–Kier alpha value is -3.13. The number of rotatable bonds is 6. The quantitative estimate of drug-likeness (QED) is 0.461. The zero-order valence-corrected chi connectivity index (χ0v) is 16.1. The lowest BCUT2D eigenvalue weighted by atomic mass is 9.90. The van der Waals surface area contributed by atoms with Crippen LogP contribution in [0.15, 0.2) is 83.9 Å². The fourth-order valence-corrected chi connectivity index (χ4v) is 3.63. The fraction of sp³-hybridized carbons (Fsp3) is 0.192. The summed E-state index contributed by atoms with van der Waals surface area (Å²) in [5, 5.41) is 0. The van der Waals surface area contributed by atoms with Crippen LogP contribution in [0, 0.1) is 0 Å². The van der Waals surface area contributed by atoms with Gasteiger partial charge in [0.25, 0.3) is 0 Å². The molecule has 0 aromatic heterocycles. The lowest BCUT2D eigenvalue weighted by Crippen LogP contribution is -2.02.